The number of hydrogen-bond acceptors (Lipinski definition) is 2. The molecule has 1 saturated heterocycles. The molecule has 1 fully saturated rings. The lowest BCUT2D eigenvalue weighted by Gasteiger charge is -2.17. The fraction of sp³-hybridized carbons (Fsp3) is 0.500. The summed E-state index contributed by atoms with van der Waals surface area (Å²) in [7, 11) is 0. The summed E-state index contributed by atoms with van der Waals surface area (Å²) in [6.45, 7) is 2.97. The number of amides is 1. The summed E-state index contributed by atoms with van der Waals surface area (Å²) >= 11 is 5.94. The molecule has 3 nitrogen and oxygen atoms in total. The molecule has 2 rings (SSSR count). The van der Waals surface area contributed by atoms with E-state index >= 15 is 0 Å². The van der Waals surface area contributed by atoms with Crippen molar-refractivity contribution in [3.8, 4) is 0 Å². The monoisotopic (exact) mass is 266 g/mol. The third-order valence-electron chi connectivity index (χ3n) is 3.20. The highest BCUT2D eigenvalue weighted by Crippen LogP contribution is 2.12. The van der Waals surface area contributed by atoms with Gasteiger partial charge >= 0.3 is 0 Å². The van der Waals surface area contributed by atoms with Gasteiger partial charge in [0.15, 0.2) is 0 Å². The van der Waals surface area contributed by atoms with E-state index in [0.717, 1.165) is 36.4 Å². The lowest BCUT2D eigenvalue weighted by atomic mass is 10.1. The van der Waals surface area contributed by atoms with E-state index in [2.05, 4.69) is 10.6 Å². The Morgan fingerprint density at radius 2 is 2.44 bits per heavy atom. The first-order valence-corrected chi connectivity index (χ1v) is 6.81. The van der Waals surface area contributed by atoms with E-state index in [1.165, 1.54) is 0 Å². The molecule has 0 aromatic heterocycles. The maximum Gasteiger partial charge on any atom is 0.237 e. The summed E-state index contributed by atoms with van der Waals surface area (Å²) in [6, 6.07) is 7.88. The van der Waals surface area contributed by atoms with Gasteiger partial charge in [0, 0.05) is 11.1 Å². The van der Waals surface area contributed by atoms with Crippen LogP contribution in [0, 0.1) is 0 Å². The molecule has 1 unspecified atom stereocenters. The predicted molar refractivity (Wildman–Crippen MR) is 73.8 cm³/mol. The molecule has 1 aliphatic rings. The molecule has 1 amide bonds. The molecule has 0 aliphatic carbocycles. The SMILES string of the molecule is CC(Cc1cccc(Cl)c1)NC(=O)[C@@H]1CCCN1. The topological polar surface area (TPSA) is 41.1 Å². The Kier molecular flexibility index (Phi) is 4.61. The van der Waals surface area contributed by atoms with Gasteiger partial charge in [-0.1, -0.05) is 23.7 Å². The van der Waals surface area contributed by atoms with E-state index in [1.807, 2.05) is 31.2 Å². The van der Waals surface area contributed by atoms with E-state index in [9.17, 15) is 4.79 Å². The van der Waals surface area contributed by atoms with Crippen molar-refractivity contribution in [3.63, 3.8) is 0 Å². The third kappa shape index (κ3) is 3.72. The maximum absolute atomic E-state index is 11.9. The van der Waals surface area contributed by atoms with Gasteiger partial charge in [-0.2, -0.15) is 0 Å². The van der Waals surface area contributed by atoms with Gasteiger partial charge in [-0.15, -0.1) is 0 Å². The highest BCUT2D eigenvalue weighted by molar-refractivity contribution is 6.30. The zero-order chi connectivity index (χ0) is 13.0. The van der Waals surface area contributed by atoms with Crippen molar-refractivity contribution in [1.29, 1.82) is 0 Å². The normalized spacial score (nSPS) is 20.7. The second-order valence-electron chi connectivity index (χ2n) is 4.89. The summed E-state index contributed by atoms with van der Waals surface area (Å²) < 4.78 is 0. The minimum Gasteiger partial charge on any atom is -0.352 e. The second-order valence-corrected chi connectivity index (χ2v) is 5.33. The Balaban J connectivity index is 1.84. The maximum atomic E-state index is 11.9. The van der Waals surface area contributed by atoms with Crippen LogP contribution >= 0.6 is 11.6 Å². The Bertz CT molecular complexity index is 416. The van der Waals surface area contributed by atoms with Crippen LogP contribution in [0.1, 0.15) is 25.3 Å². The molecule has 1 heterocycles. The molecule has 18 heavy (non-hydrogen) atoms. The molecule has 2 atom stereocenters. The van der Waals surface area contributed by atoms with Crippen molar-refractivity contribution < 1.29 is 4.79 Å². The molecule has 0 spiro atoms. The number of hydrogen-bond donors (Lipinski definition) is 2. The van der Waals surface area contributed by atoms with Gasteiger partial charge in [-0.05, 0) is 50.4 Å². The molecule has 0 bridgehead atoms. The molecular formula is C14H19ClN2O. The van der Waals surface area contributed by atoms with E-state index in [0.29, 0.717) is 0 Å². The molecule has 2 N–H and O–H groups in total. The number of benzene rings is 1. The summed E-state index contributed by atoms with van der Waals surface area (Å²) in [4.78, 5) is 11.9. The van der Waals surface area contributed by atoms with Crippen LogP contribution in [0.5, 0.6) is 0 Å². The van der Waals surface area contributed by atoms with Crippen molar-refractivity contribution in [1.82, 2.24) is 10.6 Å². The zero-order valence-electron chi connectivity index (χ0n) is 10.6. The number of nitrogens with one attached hydrogen (secondary N) is 2. The van der Waals surface area contributed by atoms with Crippen molar-refractivity contribution in [2.75, 3.05) is 6.54 Å². The fourth-order valence-electron chi connectivity index (χ4n) is 2.32. The van der Waals surface area contributed by atoms with Crippen LogP contribution < -0.4 is 10.6 Å². The van der Waals surface area contributed by atoms with Crippen molar-refractivity contribution in [2.24, 2.45) is 0 Å². The number of halogens is 1. The van der Waals surface area contributed by atoms with Gasteiger partial charge in [0.2, 0.25) is 5.91 Å². The van der Waals surface area contributed by atoms with Gasteiger partial charge in [0.05, 0.1) is 6.04 Å². The summed E-state index contributed by atoms with van der Waals surface area (Å²) in [5, 5.41) is 6.99. The van der Waals surface area contributed by atoms with E-state index in [4.69, 9.17) is 11.6 Å². The van der Waals surface area contributed by atoms with Crippen LogP contribution in [0.4, 0.5) is 0 Å². The van der Waals surface area contributed by atoms with E-state index in [-0.39, 0.29) is 18.0 Å². The van der Waals surface area contributed by atoms with Crippen molar-refractivity contribution in [2.45, 2.75) is 38.3 Å². The van der Waals surface area contributed by atoms with Gasteiger partial charge in [-0.3, -0.25) is 4.79 Å². The Morgan fingerprint density at radius 3 is 3.11 bits per heavy atom. The van der Waals surface area contributed by atoms with Crippen molar-refractivity contribution >= 4 is 17.5 Å². The van der Waals surface area contributed by atoms with Crippen LogP contribution in [0.25, 0.3) is 0 Å². The molecule has 0 saturated carbocycles. The van der Waals surface area contributed by atoms with Gasteiger partial charge in [0.1, 0.15) is 0 Å². The smallest absolute Gasteiger partial charge is 0.237 e. The zero-order valence-corrected chi connectivity index (χ0v) is 11.3. The largest absolute Gasteiger partial charge is 0.352 e. The van der Waals surface area contributed by atoms with Gasteiger partial charge in [-0.25, -0.2) is 0 Å². The minimum atomic E-state index is -0.00758. The van der Waals surface area contributed by atoms with Crippen molar-refractivity contribution in [3.05, 3.63) is 34.9 Å². The van der Waals surface area contributed by atoms with E-state index < -0.39 is 0 Å². The van der Waals surface area contributed by atoms with Gasteiger partial charge in [0.25, 0.3) is 0 Å². The molecule has 1 aromatic carbocycles. The third-order valence-corrected chi connectivity index (χ3v) is 3.43. The average molecular weight is 267 g/mol. The standard InChI is InChI=1S/C14H19ClN2O/c1-10(8-11-4-2-5-12(15)9-11)17-14(18)13-6-3-7-16-13/h2,4-5,9-10,13,16H,3,6-8H2,1H3,(H,17,18)/t10?,13-/m0/s1. The van der Waals surface area contributed by atoms with Crippen LogP contribution in [0.15, 0.2) is 24.3 Å². The summed E-state index contributed by atoms with van der Waals surface area (Å²) in [5.41, 5.74) is 1.15. The lowest BCUT2D eigenvalue weighted by Crippen LogP contribution is -2.44. The fourth-order valence-corrected chi connectivity index (χ4v) is 2.53. The first-order valence-electron chi connectivity index (χ1n) is 6.43. The molecule has 98 valence electrons. The first kappa shape index (κ1) is 13.4. The van der Waals surface area contributed by atoms with Crippen LogP contribution in [-0.2, 0) is 11.2 Å². The Labute approximate surface area is 113 Å². The van der Waals surface area contributed by atoms with E-state index in [1.54, 1.807) is 0 Å². The highest BCUT2D eigenvalue weighted by atomic mass is 35.5. The number of rotatable bonds is 4. The molecule has 1 aliphatic heterocycles. The van der Waals surface area contributed by atoms with Crippen LogP contribution in [-0.4, -0.2) is 24.5 Å². The Hall–Kier alpha value is -1.06. The minimum absolute atomic E-state index is 0.00758. The molecular weight excluding hydrogens is 248 g/mol. The quantitative estimate of drug-likeness (QED) is 0.877. The lowest BCUT2D eigenvalue weighted by molar-refractivity contribution is -0.123. The molecule has 4 heteroatoms. The molecule has 1 aromatic rings. The first-order chi connectivity index (χ1) is 8.65. The second kappa shape index (κ2) is 6.21. The number of carbonyl (C=O) groups is 1. The highest BCUT2D eigenvalue weighted by Gasteiger charge is 2.22. The summed E-state index contributed by atoms with van der Waals surface area (Å²) in [5.74, 6) is 0.113. The van der Waals surface area contributed by atoms with Gasteiger partial charge < -0.3 is 10.6 Å². The average Bonchev–Trinajstić information content (AvgIpc) is 2.81. The van der Waals surface area contributed by atoms with Crippen LogP contribution in [0.3, 0.4) is 0 Å². The van der Waals surface area contributed by atoms with Crippen LogP contribution in [0.2, 0.25) is 5.02 Å². The summed E-state index contributed by atoms with van der Waals surface area (Å²) in [6.07, 6.45) is 2.83. The Morgan fingerprint density at radius 1 is 1.61 bits per heavy atom. The molecule has 0 radical (unpaired) electrons. The predicted octanol–water partition coefficient (Wildman–Crippen LogP) is 2.14. The number of carbonyl (C=O) groups excluding carboxylic acids is 1.